The highest BCUT2D eigenvalue weighted by molar-refractivity contribution is 6.28. The maximum Gasteiger partial charge on any atom is 0.224 e. The van der Waals surface area contributed by atoms with Crippen molar-refractivity contribution in [3.63, 3.8) is 0 Å². The lowest BCUT2D eigenvalue weighted by Gasteiger charge is -2.22. The van der Waals surface area contributed by atoms with Crippen LogP contribution in [0, 0.1) is 11.3 Å². The van der Waals surface area contributed by atoms with Crippen molar-refractivity contribution in [3.05, 3.63) is 29.5 Å². The van der Waals surface area contributed by atoms with Gasteiger partial charge in [-0.15, -0.1) is 0 Å². The molecule has 0 atom stereocenters. The first kappa shape index (κ1) is 12.6. The zero-order chi connectivity index (χ0) is 13.0. The smallest absolute Gasteiger partial charge is 0.224 e. The number of benzene rings is 1. The molecule has 0 aliphatic heterocycles. The fourth-order valence-corrected chi connectivity index (χ4v) is 2.04. The second-order valence-electron chi connectivity index (χ2n) is 3.82. The van der Waals surface area contributed by atoms with Crippen LogP contribution in [0.2, 0.25) is 5.28 Å². The summed E-state index contributed by atoms with van der Waals surface area (Å²) in [5, 5.41) is 9.89. The first-order chi connectivity index (χ1) is 8.76. The predicted octanol–water partition coefficient (Wildman–Crippen LogP) is 3.02. The largest absolute Gasteiger partial charge is 0.355 e. The van der Waals surface area contributed by atoms with Gasteiger partial charge in [0.1, 0.15) is 5.82 Å². The molecule has 5 heteroatoms. The molecule has 2 rings (SSSR count). The molecule has 0 aliphatic carbocycles. The lowest BCUT2D eigenvalue weighted by atomic mass is 10.2. The van der Waals surface area contributed by atoms with E-state index in [0.29, 0.717) is 13.0 Å². The third-order valence-electron chi connectivity index (χ3n) is 2.73. The maximum absolute atomic E-state index is 8.69. The lowest BCUT2D eigenvalue weighted by molar-refractivity contribution is 0.813. The Morgan fingerprint density at radius 3 is 2.83 bits per heavy atom. The lowest BCUT2D eigenvalue weighted by Crippen LogP contribution is -2.25. The fraction of sp³-hybridized carbons (Fsp3) is 0.308. The molecule has 0 spiro atoms. The average molecular weight is 261 g/mol. The van der Waals surface area contributed by atoms with Crippen molar-refractivity contribution in [1.82, 2.24) is 9.97 Å². The molecule has 0 aliphatic rings. The quantitative estimate of drug-likeness (QED) is 0.793. The van der Waals surface area contributed by atoms with Gasteiger partial charge in [0.2, 0.25) is 5.28 Å². The van der Waals surface area contributed by atoms with Crippen LogP contribution in [-0.4, -0.2) is 23.1 Å². The third kappa shape index (κ3) is 2.52. The summed E-state index contributed by atoms with van der Waals surface area (Å²) in [7, 11) is 0. The van der Waals surface area contributed by atoms with Crippen LogP contribution < -0.4 is 4.90 Å². The molecule has 18 heavy (non-hydrogen) atoms. The van der Waals surface area contributed by atoms with Gasteiger partial charge in [-0.05, 0) is 30.7 Å². The van der Waals surface area contributed by atoms with Crippen LogP contribution in [0.4, 0.5) is 5.82 Å². The van der Waals surface area contributed by atoms with Crippen LogP contribution >= 0.6 is 11.6 Å². The molecule has 0 unspecified atom stereocenters. The number of nitriles is 1. The predicted molar refractivity (Wildman–Crippen MR) is 72.7 cm³/mol. The number of rotatable bonds is 4. The molecule has 0 fully saturated rings. The Labute approximate surface area is 111 Å². The van der Waals surface area contributed by atoms with E-state index < -0.39 is 0 Å². The summed E-state index contributed by atoms with van der Waals surface area (Å²) in [5.74, 6) is 0.795. The van der Waals surface area contributed by atoms with E-state index in [1.54, 1.807) is 0 Å². The van der Waals surface area contributed by atoms with Gasteiger partial charge in [-0.25, -0.2) is 4.98 Å². The fourth-order valence-electron chi connectivity index (χ4n) is 1.87. The highest BCUT2D eigenvalue weighted by Gasteiger charge is 2.12. The summed E-state index contributed by atoms with van der Waals surface area (Å²) in [5.41, 5.74) is 0.822. The minimum atomic E-state index is 0.235. The summed E-state index contributed by atoms with van der Waals surface area (Å²) >= 11 is 5.95. The van der Waals surface area contributed by atoms with Crippen molar-refractivity contribution >= 4 is 28.3 Å². The topological polar surface area (TPSA) is 52.8 Å². The Morgan fingerprint density at radius 1 is 1.33 bits per heavy atom. The summed E-state index contributed by atoms with van der Waals surface area (Å²) in [4.78, 5) is 10.5. The number of hydrogen-bond donors (Lipinski definition) is 0. The second kappa shape index (κ2) is 5.65. The van der Waals surface area contributed by atoms with E-state index in [9.17, 15) is 0 Å². The monoisotopic (exact) mass is 260 g/mol. The van der Waals surface area contributed by atoms with E-state index in [2.05, 4.69) is 16.0 Å². The normalized spacial score (nSPS) is 10.3. The van der Waals surface area contributed by atoms with Crippen LogP contribution in [-0.2, 0) is 0 Å². The molecular weight excluding hydrogens is 248 g/mol. The number of para-hydroxylation sites is 1. The zero-order valence-electron chi connectivity index (χ0n) is 10.1. The molecule has 0 radical (unpaired) electrons. The summed E-state index contributed by atoms with van der Waals surface area (Å²) in [6, 6.07) is 9.89. The molecule has 92 valence electrons. The second-order valence-corrected chi connectivity index (χ2v) is 4.16. The van der Waals surface area contributed by atoms with Crippen LogP contribution in [0.15, 0.2) is 24.3 Å². The molecule has 0 amide bonds. The van der Waals surface area contributed by atoms with E-state index in [1.165, 1.54) is 0 Å². The van der Waals surface area contributed by atoms with Crippen molar-refractivity contribution in [1.29, 1.82) is 5.26 Å². The van der Waals surface area contributed by atoms with Gasteiger partial charge < -0.3 is 4.90 Å². The standard InChI is InChI=1S/C13H13ClN4/c1-2-18(9-5-8-15)12-10-6-3-4-7-11(10)16-13(14)17-12/h3-4,6-7H,2,5,9H2,1H3. The molecule has 1 heterocycles. The average Bonchev–Trinajstić information content (AvgIpc) is 2.39. The van der Waals surface area contributed by atoms with Crippen LogP contribution in [0.1, 0.15) is 13.3 Å². The van der Waals surface area contributed by atoms with Gasteiger partial charge >= 0.3 is 0 Å². The molecule has 0 bridgehead atoms. The van der Waals surface area contributed by atoms with E-state index in [0.717, 1.165) is 23.3 Å². The molecule has 2 aromatic rings. The SMILES string of the molecule is CCN(CCC#N)c1nc(Cl)nc2ccccc12. The van der Waals surface area contributed by atoms with Crippen LogP contribution in [0.25, 0.3) is 10.9 Å². The highest BCUT2D eigenvalue weighted by Crippen LogP contribution is 2.25. The number of hydrogen-bond acceptors (Lipinski definition) is 4. The van der Waals surface area contributed by atoms with Gasteiger partial charge in [-0.3, -0.25) is 0 Å². The Bertz CT molecular complexity index is 591. The Balaban J connectivity index is 2.51. The molecule has 0 N–H and O–H groups in total. The van der Waals surface area contributed by atoms with E-state index >= 15 is 0 Å². The number of aromatic nitrogens is 2. The number of nitrogens with zero attached hydrogens (tertiary/aromatic N) is 4. The highest BCUT2D eigenvalue weighted by atomic mass is 35.5. The minimum absolute atomic E-state index is 0.235. The molecule has 1 aromatic heterocycles. The van der Waals surface area contributed by atoms with Crippen molar-refractivity contribution in [2.75, 3.05) is 18.0 Å². The van der Waals surface area contributed by atoms with Crippen molar-refractivity contribution in [2.45, 2.75) is 13.3 Å². The van der Waals surface area contributed by atoms with Crippen molar-refractivity contribution in [2.24, 2.45) is 0 Å². The molecule has 0 saturated carbocycles. The van der Waals surface area contributed by atoms with Crippen molar-refractivity contribution in [3.8, 4) is 6.07 Å². The van der Waals surface area contributed by atoms with E-state index in [-0.39, 0.29) is 5.28 Å². The van der Waals surface area contributed by atoms with E-state index in [4.69, 9.17) is 16.9 Å². The van der Waals surface area contributed by atoms with Gasteiger partial charge in [0.15, 0.2) is 0 Å². The molecule has 4 nitrogen and oxygen atoms in total. The Morgan fingerprint density at radius 2 is 2.11 bits per heavy atom. The van der Waals surface area contributed by atoms with Crippen molar-refractivity contribution < 1.29 is 0 Å². The third-order valence-corrected chi connectivity index (χ3v) is 2.90. The Kier molecular flexibility index (Phi) is 3.96. The van der Waals surface area contributed by atoms with Crippen LogP contribution in [0.5, 0.6) is 0 Å². The molecule has 1 aromatic carbocycles. The number of fused-ring (bicyclic) bond motifs is 1. The Hall–Kier alpha value is -1.86. The molecular formula is C13H13ClN4. The van der Waals surface area contributed by atoms with E-state index in [1.807, 2.05) is 36.1 Å². The van der Waals surface area contributed by atoms with Crippen LogP contribution in [0.3, 0.4) is 0 Å². The molecule has 0 saturated heterocycles. The first-order valence-corrected chi connectivity index (χ1v) is 6.18. The van der Waals surface area contributed by atoms with Gasteiger partial charge in [-0.1, -0.05) is 12.1 Å². The van der Waals surface area contributed by atoms with Gasteiger partial charge in [0, 0.05) is 18.5 Å². The summed E-state index contributed by atoms with van der Waals surface area (Å²) in [6.45, 7) is 3.45. The van der Waals surface area contributed by atoms with Gasteiger partial charge in [-0.2, -0.15) is 10.2 Å². The maximum atomic E-state index is 8.69. The van der Waals surface area contributed by atoms with Gasteiger partial charge in [0.25, 0.3) is 0 Å². The first-order valence-electron chi connectivity index (χ1n) is 5.80. The van der Waals surface area contributed by atoms with Gasteiger partial charge in [0.05, 0.1) is 18.0 Å². The zero-order valence-corrected chi connectivity index (χ0v) is 10.9. The summed E-state index contributed by atoms with van der Waals surface area (Å²) in [6.07, 6.45) is 0.462. The summed E-state index contributed by atoms with van der Waals surface area (Å²) < 4.78 is 0. The number of halogens is 1. The number of anilines is 1. The minimum Gasteiger partial charge on any atom is -0.355 e.